The minimum absolute atomic E-state index is 0.00550. The predicted octanol–water partition coefficient (Wildman–Crippen LogP) is -0.129. The summed E-state index contributed by atoms with van der Waals surface area (Å²) < 4.78 is 1.54. The van der Waals surface area contributed by atoms with Gasteiger partial charge in [-0.15, -0.1) is 0 Å². The summed E-state index contributed by atoms with van der Waals surface area (Å²) in [6, 6.07) is 1.76. The summed E-state index contributed by atoms with van der Waals surface area (Å²) in [5.74, 6) is -0.134. The van der Waals surface area contributed by atoms with Gasteiger partial charge in [-0.25, -0.2) is 9.50 Å². The maximum Gasteiger partial charge on any atom is 0.179 e. The van der Waals surface area contributed by atoms with Gasteiger partial charge in [-0.05, 0) is 0 Å². The second-order valence-corrected chi connectivity index (χ2v) is 2.60. The van der Waals surface area contributed by atoms with Gasteiger partial charge >= 0.3 is 0 Å². The number of hydrogen-bond acceptors (Lipinski definition) is 4. The van der Waals surface area contributed by atoms with Gasteiger partial charge in [0.25, 0.3) is 0 Å². The highest BCUT2D eigenvalue weighted by atomic mass is 16.1. The van der Waals surface area contributed by atoms with Gasteiger partial charge < -0.3 is 5.73 Å². The van der Waals surface area contributed by atoms with Gasteiger partial charge in [0.1, 0.15) is 0 Å². The standard InChI is InChI=1S/C8H8N4O/c9-3-7(13)6-4-10-8-1-2-11-12(8)5-6/h1-2,4-5H,3,9H2. The normalized spacial score (nSPS) is 10.5. The molecule has 0 aliphatic heterocycles. The van der Waals surface area contributed by atoms with Crippen molar-refractivity contribution in [3.63, 3.8) is 0 Å². The number of nitrogens with zero attached hydrogens (tertiary/aromatic N) is 3. The van der Waals surface area contributed by atoms with E-state index in [1.807, 2.05) is 0 Å². The summed E-state index contributed by atoms with van der Waals surface area (Å²) >= 11 is 0. The van der Waals surface area contributed by atoms with Gasteiger partial charge in [-0.3, -0.25) is 4.79 Å². The highest BCUT2D eigenvalue weighted by Crippen LogP contribution is 2.01. The molecule has 0 amide bonds. The lowest BCUT2D eigenvalue weighted by Gasteiger charge is -1.97. The molecule has 0 aliphatic rings. The molecule has 0 aliphatic carbocycles. The third-order valence-corrected chi connectivity index (χ3v) is 1.75. The molecule has 0 saturated carbocycles. The summed E-state index contributed by atoms with van der Waals surface area (Å²) in [7, 11) is 0. The van der Waals surface area contributed by atoms with Crippen LogP contribution in [-0.2, 0) is 0 Å². The van der Waals surface area contributed by atoms with Crippen LogP contribution in [0.4, 0.5) is 0 Å². The number of carbonyl (C=O) groups excluding carboxylic acids is 1. The van der Waals surface area contributed by atoms with E-state index in [2.05, 4.69) is 10.1 Å². The van der Waals surface area contributed by atoms with Crippen molar-refractivity contribution in [2.75, 3.05) is 6.54 Å². The molecular weight excluding hydrogens is 168 g/mol. The number of fused-ring (bicyclic) bond motifs is 1. The first-order chi connectivity index (χ1) is 6.31. The Hall–Kier alpha value is -1.75. The highest BCUT2D eigenvalue weighted by Gasteiger charge is 2.04. The van der Waals surface area contributed by atoms with Gasteiger partial charge in [0.15, 0.2) is 11.4 Å². The Morgan fingerprint density at radius 3 is 3.23 bits per heavy atom. The first kappa shape index (κ1) is 7.88. The van der Waals surface area contributed by atoms with Crippen molar-refractivity contribution in [1.82, 2.24) is 14.6 Å². The van der Waals surface area contributed by atoms with E-state index in [9.17, 15) is 4.79 Å². The number of carbonyl (C=O) groups is 1. The van der Waals surface area contributed by atoms with Crippen LogP contribution >= 0.6 is 0 Å². The molecular formula is C8H8N4O. The van der Waals surface area contributed by atoms with Crippen molar-refractivity contribution in [2.45, 2.75) is 0 Å². The van der Waals surface area contributed by atoms with Crippen molar-refractivity contribution in [2.24, 2.45) is 5.73 Å². The average Bonchev–Trinajstić information content (AvgIpc) is 2.63. The van der Waals surface area contributed by atoms with Gasteiger partial charge in [0, 0.05) is 18.5 Å². The Morgan fingerprint density at radius 1 is 1.62 bits per heavy atom. The smallest absolute Gasteiger partial charge is 0.179 e. The van der Waals surface area contributed by atoms with Crippen LogP contribution < -0.4 is 5.73 Å². The summed E-state index contributed by atoms with van der Waals surface area (Å²) in [6.45, 7) is -0.00550. The van der Waals surface area contributed by atoms with Crippen LogP contribution in [-0.4, -0.2) is 26.9 Å². The minimum atomic E-state index is -0.134. The summed E-state index contributed by atoms with van der Waals surface area (Å²) in [5, 5.41) is 3.96. The summed E-state index contributed by atoms with van der Waals surface area (Å²) in [4.78, 5) is 15.2. The van der Waals surface area contributed by atoms with Gasteiger partial charge in [0.05, 0.1) is 18.3 Å². The largest absolute Gasteiger partial charge is 0.324 e. The molecule has 2 rings (SSSR count). The lowest BCUT2D eigenvalue weighted by molar-refractivity contribution is 0.100. The molecule has 0 unspecified atom stereocenters. The molecule has 2 aromatic rings. The molecule has 0 radical (unpaired) electrons. The van der Waals surface area contributed by atoms with Gasteiger partial charge in [-0.1, -0.05) is 0 Å². The van der Waals surface area contributed by atoms with Crippen molar-refractivity contribution in [1.29, 1.82) is 0 Å². The number of aromatic nitrogens is 3. The van der Waals surface area contributed by atoms with Crippen LogP contribution in [0.1, 0.15) is 10.4 Å². The maximum absolute atomic E-state index is 11.2. The van der Waals surface area contributed by atoms with E-state index in [0.29, 0.717) is 11.2 Å². The quantitative estimate of drug-likeness (QED) is 0.647. The molecule has 0 saturated heterocycles. The first-order valence-corrected chi connectivity index (χ1v) is 3.84. The Morgan fingerprint density at radius 2 is 2.46 bits per heavy atom. The maximum atomic E-state index is 11.2. The fourth-order valence-electron chi connectivity index (χ4n) is 1.07. The lowest BCUT2D eigenvalue weighted by atomic mass is 10.2. The van der Waals surface area contributed by atoms with E-state index in [1.54, 1.807) is 23.0 Å². The zero-order valence-corrected chi connectivity index (χ0v) is 6.84. The number of hydrogen-bond donors (Lipinski definition) is 1. The van der Waals surface area contributed by atoms with E-state index in [-0.39, 0.29) is 12.3 Å². The van der Waals surface area contributed by atoms with Crippen LogP contribution in [0.3, 0.4) is 0 Å². The van der Waals surface area contributed by atoms with Crippen molar-refractivity contribution < 1.29 is 4.79 Å². The molecule has 0 atom stereocenters. The lowest BCUT2D eigenvalue weighted by Crippen LogP contribution is -2.14. The molecule has 0 bridgehead atoms. The van der Waals surface area contributed by atoms with Crippen LogP contribution in [0.25, 0.3) is 5.65 Å². The van der Waals surface area contributed by atoms with Gasteiger partial charge in [-0.2, -0.15) is 5.10 Å². The van der Waals surface area contributed by atoms with Crippen LogP contribution in [0.5, 0.6) is 0 Å². The molecule has 2 heterocycles. The Labute approximate surface area is 74.2 Å². The Balaban J connectivity index is 2.54. The first-order valence-electron chi connectivity index (χ1n) is 3.84. The minimum Gasteiger partial charge on any atom is -0.324 e. The number of rotatable bonds is 2. The van der Waals surface area contributed by atoms with Crippen molar-refractivity contribution in [3.05, 3.63) is 30.2 Å². The molecule has 2 aromatic heterocycles. The second-order valence-electron chi connectivity index (χ2n) is 2.60. The third-order valence-electron chi connectivity index (χ3n) is 1.75. The Kier molecular flexibility index (Phi) is 1.79. The van der Waals surface area contributed by atoms with E-state index < -0.39 is 0 Å². The average molecular weight is 176 g/mol. The monoisotopic (exact) mass is 176 g/mol. The van der Waals surface area contributed by atoms with Crippen molar-refractivity contribution in [3.8, 4) is 0 Å². The van der Waals surface area contributed by atoms with E-state index in [1.165, 1.54) is 6.20 Å². The van der Waals surface area contributed by atoms with E-state index >= 15 is 0 Å². The number of nitrogens with two attached hydrogens (primary N) is 1. The SMILES string of the molecule is NCC(=O)c1cnc2ccnn2c1. The molecule has 0 aromatic carbocycles. The van der Waals surface area contributed by atoms with Crippen molar-refractivity contribution >= 4 is 11.4 Å². The number of ketones is 1. The molecule has 5 heteroatoms. The summed E-state index contributed by atoms with van der Waals surface area (Å²) in [5.41, 5.74) is 6.42. The third kappa shape index (κ3) is 1.29. The second kappa shape index (κ2) is 2.95. The predicted molar refractivity (Wildman–Crippen MR) is 46.4 cm³/mol. The summed E-state index contributed by atoms with van der Waals surface area (Å²) in [6.07, 6.45) is 4.75. The molecule has 66 valence electrons. The molecule has 13 heavy (non-hydrogen) atoms. The topological polar surface area (TPSA) is 73.3 Å². The van der Waals surface area contributed by atoms with E-state index in [4.69, 9.17) is 5.73 Å². The molecule has 0 fully saturated rings. The molecule has 2 N–H and O–H groups in total. The zero-order chi connectivity index (χ0) is 9.26. The number of Topliss-reactive ketones (excluding diaryl/α,β-unsaturated/α-hetero) is 1. The van der Waals surface area contributed by atoms with Gasteiger partial charge in [0.2, 0.25) is 0 Å². The fraction of sp³-hybridized carbons (Fsp3) is 0.125. The van der Waals surface area contributed by atoms with Crippen LogP contribution in [0.2, 0.25) is 0 Å². The zero-order valence-electron chi connectivity index (χ0n) is 6.84. The van der Waals surface area contributed by atoms with Crippen LogP contribution in [0.15, 0.2) is 24.7 Å². The molecule has 5 nitrogen and oxygen atoms in total. The molecule has 0 spiro atoms. The highest BCUT2D eigenvalue weighted by molar-refractivity contribution is 5.97. The Bertz CT molecular complexity index is 448. The van der Waals surface area contributed by atoms with E-state index in [0.717, 1.165) is 0 Å². The fourth-order valence-corrected chi connectivity index (χ4v) is 1.07. The van der Waals surface area contributed by atoms with Crippen LogP contribution in [0, 0.1) is 0 Å².